The number of halogens is 1. The molecule has 0 N–H and O–H groups in total. The number of thiocarbonyl (C=S) groups is 1. The zero-order chi connectivity index (χ0) is 20.8. The van der Waals surface area contributed by atoms with E-state index in [1.807, 2.05) is 4.90 Å². The molecule has 2 aliphatic heterocycles. The molecule has 2 aliphatic rings. The molecule has 4 nitrogen and oxygen atoms in total. The van der Waals surface area contributed by atoms with E-state index in [0.29, 0.717) is 4.99 Å². The fraction of sp³-hybridized carbons (Fsp3) is 0.348. The van der Waals surface area contributed by atoms with E-state index in [1.54, 1.807) is 18.2 Å². The minimum absolute atomic E-state index is 0.306. The van der Waals surface area contributed by atoms with Crippen LogP contribution in [0.5, 0.6) is 0 Å². The van der Waals surface area contributed by atoms with E-state index < -0.39 is 5.66 Å². The number of likely N-dealkylation sites (N-methyl/N-ethyl adjacent to an activating group) is 1. The van der Waals surface area contributed by atoms with Crippen LogP contribution in [0.25, 0.3) is 0 Å². The first-order valence-electron chi connectivity index (χ1n) is 9.76. The van der Waals surface area contributed by atoms with Crippen molar-refractivity contribution in [3.05, 3.63) is 70.5 Å². The SMILES string of the molecule is Cc1cc2c(cc1C)C(C=C=O)(N1CCN(C)CC1)N(c1ccc(F)cc1)C2=S. The molecule has 2 aromatic carbocycles. The molecular formula is C23H24FN3OS. The van der Waals surface area contributed by atoms with Gasteiger partial charge < -0.3 is 9.80 Å². The van der Waals surface area contributed by atoms with Crippen molar-refractivity contribution in [2.45, 2.75) is 19.5 Å². The zero-order valence-electron chi connectivity index (χ0n) is 16.9. The molecule has 150 valence electrons. The second-order valence-electron chi connectivity index (χ2n) is 7.88. The molecule has 0 saturated carbocycles. The summed E-state index contributed by atoms with van der Waals surface area (Å²) in [5, 5.41) is 0. The van der Waals surface area contributed by atoms with E-state index >= 15 is 0 Å². The number of aryl methyl sites for hydroxylation is 2. The van der Waals surface area contributed by atoms with Crippen LogP contribution in [0.15, 0.2) is 42.5 Å². The molecule has 1 unspecified atom stereocenters. The molecule has 0 aliphatic carbocycles. The summed E-state index contributed by atoms with van der Waals surface area (Å²) in [5.41, 5.74) is 4.11. The Hall–Kier alpha value is -2.37. The van der Waals surface area contributed by atoms with E-state index in [4.69, 9.17) is 12.2 Å². The summed E-state index contributed by atoms with van der Waals surface area (Å²) in [6.07, 6.45) is 1.58. The third-order valence-electron chi connectivity index (χ3n) is 6.14. The van der Waals surface area contributed by atoms with Crippen molar-refractivity contribution in [2.75, 3.05) is 38.1 Å². The van der Waals surface area contributed by atoms with Gasteiger partial charge in [0.1, 0.15) is 16.7 Å². The molecule has 1 atom stereocenters. The largest absolute Gasteiger partial charge is 0.305 e. The molecule has 29 heavy (non-hydrogen) atoms. The van der Waals surface area contributed by atoms with Gasteiger partial charge in [0.2, 0.25) is 0 Å². The van der Waals surface area contributed by atoms with Crippen molar-refractivity contribution in [1.29, 1.82) is 0 Å². The van der Waals surface area contributed by atoms with Crippen molar-refractivity contribution in [3.63, 3.8) is 0 Å². The predicted molar refractivity (Wildman–Crippen MR) is 118 cm³/mol. The van der Waals surface area contributed by atoms with E-state index in [2.05, 4.69) is 48.8 Å². The molecule has 2 aromatic rings. The second-order valence-corrected chi connectivity index (χ2v) is 8.26. The van der Waals surface area contributed by atoms with Gasteiger partial charge in [0.05, 0.1) is 0 Å². The van der Waals surface area contributed by atoms with Gasteiger partial charge in [0.25, 0.3) is 0 Å². The van der Waals surface area contributed by atoms with Gasteiger partial charge >= 0.3 is 0 Å². The summed E-state index contributed by atoms with van der Waals surface area (Å²) < 4.78 is 13.6. The fourth-order valence-electron chi connectivity index (χ4n) is 4.37. The molecule has 6 heteroatoms. The van der Waals surface area contributed by atoms with Crippen LogP contribution in [0.3, 0.4) is 0 Å². The highest BCUT2D eigenvalue weighted by molar-refractivity contribution is 7.81. The summed E-state index contributed by atoms with van der Waals surface area (Å²) in [7, 11) is 2.10. The van der Waals surface area contributed by atoms with Crippen LogP contribution in [-0.2, 0) is 10.5 Å². The molecule has 1 fully saturated rings. The zero-order valence-corrected chi connectivity index (χ0v) is 17.7. The van der Waals surface area contributed by atoms with Gasteiger partial charge in [-0.05, 0) is 62.4 Å². The van der Waals surface area contributed by atoms with E-state index in [1.165, 1.54) is 12.1 Å². The van der Waals surface area contributed by atoms with Crippen LogP contribution < -0.4 is 4.90 Å². The van der Waals surface area contributed by atoms with Crippen LogP contribution in [0.4, 0.5) is 10.1 Å². The number of anilines is 1. The second kappa shape index (κ2) is 7.47. The molecule has 0 amide bonds. The first-order chi connectivity index (χ1) is 13.9. The molecule has 1 saturated heterocycles. The van der Waals surface area contributed by atoms with Crippen molar-refractivity contribution in [3.8, 4) is 0 Å². The first-order valence-corrected chi connectivity index (χ1v) is 10.2. The Morgan fingerprint density at radius 2 is 1.69 bits per heavy atom. The highest BCUT2D eigenvalue weighted by atomic mass is 32.1. The monoisotopic (exact) mass is 409 g/mol. The van der Waals surface area contributed by atoms with Crippen LogP contribution >= 0.6 is 12.2 Å². The molecular weight excluding hydrogens is 385 g/mol. The molecule has 2 heterocycles. The van der Waals surface area contributed by atoms with Crippen molar-refractivity contribution in [1.82, 2.24) is 9.80 Å². The normalized spacial score (nSPS) is 22.5. The molecule has 0 aromatic heterocycles. The number of rotatable bonds is 3. The number of piperazine rings is 1. The maximum Gasteiger partial charge on any atom is 0.155 e. The smallest absolute Gasteiger partial charge is 0.155 e. The maximum atomic E-state index is 13.6. The Kier molecular flexibility index (Phi) is 5.13. The number of benzene rings is 2. The van der Waals surface area contributed by atoms with Gasteiger partial charge in [0, 0.05) is 49.1 Å². The van der Waals surface area contributed by atoms with Crippen molar-refractivity contribution < 1.29 is 9.18 Å². The lowest BCUT2D eigenvalue weighted by atomic mass is 9.91. The highest BCUT2D eigenvalue weighted by Crippen LogP contribution is 2.47. The highest BCUT2D eigenvalue weighted by Gasteiger charge is 2.52. The van der Waals surface area contributed by atoms with Crippen LogP contribution in [0, 0.1) is 19.7 Å². The average Bonchev–Trinajstić information content (AvgIpc) is 2.93. The number of nitrogens with zero attached hydrogens (tertiary/aromatic N) is 3. The Morgan fingerprint density at radius 3 is 2.31 bits per heavy atom. The maximum absolute atomic E-state index is 13.6. The van der Waals surface area contributed by atoms with Gasteiger partial charge in [-0.2, -0.15) is 0 Å². The molecule has 4 rings (SSSR count). The lowest BCUT2D eigenvalue weighted by molar-refractivity contribution is 0.0759. The lowest BCUT2D eigenvalue weighted by Gasteiger charge is -2.48. The third kappa shape index (κ3) is 3.13. The van der Waals surface area contributed by atoms with E-state index in [-0.39, 0.29) is 5.82 Å². The van der Waals surface area contributed by atoms with Gasteiger partial charge in [-0.15, -0.1) is 0 Å². The number of fused-ring (bicyclic) bond motifs is 1. The number of hydrogen-bond donors (Lipinski definition) is 0. The van der Waals surface area contributed by atoms with Gasteiger partial charge in [-0.1, -0.05) is 18.3 Å². The quantitative estimate of drug-likeness (QED) is 0.572. The van der Waals surface area contributed by atoms with Gasteiger partial charge in [-0.3, -0.25) is 4.90 Å². The lowest BCUT2D eigenvalue weighted by Crippen LogP contribution is -2.60. The third-order valence-corrected chi connectivity index (χ3v) is 6.54. The number of carbonyl (C=O) groups excluding carboxylic acids is 1. The van der Waals surface area contributed by atoms with Gasteiger partial charge in [-0.25, -0.2) is 9.18 Å². The van der Waals surface area contributed by atoms with Crippen LogP contribution in [0.1, 0.15) is 22.3 Å². The van der Waals surface area contributed by atoms with E-state index in [9.17, 15) is 9.18 Å². The Balaban J connectivity index is 1.98. The molecule has 0 radical (unpaired) electrons. The Morgan fingerprint density at radius 1 is 1.07 bits per heavy atom. The predicted octanol–water partition coefficient (Wildman–Crippen LogP) is 3.43. The van der Waals surface area contributed by atoms with Crippen molar-refractivity contribution in [2.24, 2.45) is 0 Å². The average molecular weight is 410 g/mol. The first kappa shape index (κ1) is 19.9. The van der Waals surface area contributed by atoms with E-state index in [0.717, 1.165) is 54.1 Å². The van der Waals surface area contributed by atoms with Crippen molar-refractivity contribution >= 4 is 28.8 Å². The standard InChI is InChI=1S/C23H24FN3OS/c1-16-14-20-21(15-17(16)2)23(8-13-28,26-11-9-25(3)10-12-26)27(22(20)29)19-6-4-18(24)5-7-19/h4-8,14-15H,9-12H2,1-3H3. The minimum Gasteiger partial charge on any atom is -0.305 e. The summed E-state index contributed by atoms with van der Waals surface area (Å²) >= 11 is 5.91. The summed E-state index contributed by atoms with van der Waals surface area (Å²) in [5.74, 6) is 1.75. The summed E-state index contributed by atoms with van der Waals surface area (Å²) in [6, 6.07) is 10.5. The topological polar surface area (TPSA) is 26.8 Å². The number of hydrogen-bond acceptors (Lipinski definition) is 4. The fourth-order valence-corrected chi connectivity index (χ4v) is 4.79. The van der Waals surface area contributed by atoms with Crippen LogP contribution in [-0.4, -0.2) is 54.0 Å². The Bertz CT molecular complexity index is 1010. The molecule has 0 spiro atoms. The Labute approximate surface area is 176 Å². The van der Waals surface area contributed by atoms with Crippen LogP contribution in [0.2, 0.25) is 0 Å². The summed E-state index contributed by atoms with van der Waals surface area (Å²) in [6.45, 7) is 7.46. The van der Waals surface area contributed by atoms with Gasteiger partial charge in [0.15, 0.2) is 5.66 Å². The molecule has 0 bridgehead atoms. The summed E-state index contributed by atoms with van der Waals surface area (Å²) in [4.78, 5) is 19.0. The minimum atomic E-state index is -0.869.